The van der Waals surface area contributed by atoms with Crippen LogP contribution < -0.4 is 5.32 Å². The first-order valence-electron chi connectivity index (χ1n) is 7.90. The predicted molar refractivity (Wildman–Crippen MR) is 88.4 cm³/mol. The molecule has 0 aromatic heterocycles. The van der Waals surface area contributed by atoms with Gasteiger partial charge in [0.25, 0.3) is 0 Å². The first-order valence-corrected chi connectivity index (χ1v) is 8.28. The molecule has 1 saturated carbocycles. The number of benzene rings is 1. The van der Waals surface area contributed by atoms with E-state index in [9.17, 15) is 0 Å². The summed E-state index contributed by atoms with van der Waals surface area (Å²) in [6.45, 7) is 8.16. The lowest BCUT2D eigenvalue weighted by atomic mass is 9.84. The fourth-order valence-corrected chi connectivity index (χ4v) is 2.61. The van der Waals surface area contributed by atoms with Crippen molar-refractivity contribution in [2.24, 2.45) is 11.3 Å². The van der Waals surface area contributed by atoms with Gasteiger partial charge in [-0.25, -0.2) is 0 Å². The third-order valence-electron chi connectivity index (χ3n) is 4.01. The van der Waals surface area contributed by atoms with Crippen molar-refractivity contribution in [2.75, 3.05) is 6.54 Å². The molecule has 0 amide bonds. The van der Waals surface area contributed by atoms with E-state index in [1.54, 1.807) is 0 Å². The summed E-state index contributed by atoms with van der Waals surface area (Å²) in [5.74, 6) is 0.732. The SMILES string of the molecule is CC(C)(C)CCC(CNC1CC1)Cc1ccc(Cl)cc1. The van der Waals surface area contributed by atoms with E-state index in [-0.39, 0.29) is 0 Å². The van der Waals surface area contributed by atoms with Crippen LogP contribution in [-0.4, -0.2) is 12.6 Å². The molecule has 0 bridgehead atoms. The lowest BCUT2D eigenvalue weighted by molar-refractivity contribution is 0.313. The summed E-state index contributed by atoms with van der Waals surface area (Å²) >= 11 is 5.97. The summed E-state index contributed by atoms with van der Waals surface area (Å²) < 4.78 is 0. The van der Waals surface area contributed by atoms with Crippen LogP contribution in [0.1, 0.15) is 52.0 Å². The largest absolute Gasteiger partial charge is 0.314 e. The van der Waals surface area contributed by atoms with Crippen LogP contribution in [0, 0.1) is 11.3 Å². The van der Waals surface area contributed by atoms with Crippen LogP contribution in [-0.2, 0) is 6.42 Å². The predicted octanol–water partition coefficient (Wildman–Crippen LogP) is 5.08. The number of hydrogen-bond acceptors (Lipinski definition) is 1. The standard InChI is InChI=1S/C18H28ClN/c1-18(2,3)11-10-15(13-20-17-8-9-17)12-14-4-6-16(19)7-5-14/h4-7,15,17,20H,8-13H2,1-3H3. The van der Waals surface area contributed by atoms with E-state index in [1.807, 2.05) is 12.1 Å². The van der Waals surface area contributed by atoms with Gasteiger partial charge in [-0.05, 0) is 67.7 Å². The molecule has 1 fully saturated rings. The molecule has 2 heteroatoms. The Kier molecular flexibility index (Phi) is 5.51. The number of halogens is 1. The van der Waals surface area contributed by atoms with Gasteiger partial charge in [0, 0.05) is 11.1 Å². The average Bonchev–Trinajstić information content (AvgIpc) is 3.18. The minimum atomic E-state index is 0.428. The molecule has 0 radical (unpaired) electrons. The van der Waals surface area contributed by atoms with Gasteiger partial charge in [0.05, 0.1) is 0 Å². The second kappa shape index (κ2) is 6.95. The quantitative estimate of drug-likeness (QED) is 0.739. The molecule has 2 rings (SSSR count). The third-order valence-corrected chi connectivity index (χ3v) is 4.26. The summed E-state index contributed by atoms with van der Waals surface area (Å²) in [6, 6.07) is 9.16. The monoisotopic (exact) mass is 293 g/mol. The van der Waals surface area contributed by atoms with Crippen LogP contribution >= 0.6 is 11.6 Å². The van der Waals surface area contributed by atoms with Gasteiger partial charge in [-0.1, -0.05) is 44.5 Å². The van der Waals surface area contributed by atoms with Crippen molar-refractivity contribution >= 4 is 11.6 Å². The van der Waals surface area contributed by atoms with Gasteiger partial charge >= 0.3 is 0 Å². The minimum absolute atomic E-state index is 0.428. The molecule has 1 aromatic carbocycles. The van der Waals surface area contributed by atoms with Gasteiger partial charge in [-0.2, -0.15) is 0 Å². The molecule has 1 aliphatic carbocycles. The number of hydrogen-bond donors (Lipinski definition) is 1. The average molecular weight is 294 g/mol. The molecule has 0 spiro atoms. The molecule has 1 aliphatic rings. The van der Waals surface area contributed by atoms with E-state index in [2.05, 4.69) is 38.2 Å². The Labute approximate surface area is 129 Å². The molecule has 112 valence electrons. The molecule has 0 saturated heterocycles. The third kappa shape index (κ3) is 6.28. The molecule has 1 aromatic rings. The second-order valence-corrected chi connectivity index (χ2v) is 7.91. The first-order chi connectivity index (χ1) is 9.42. The highest BCUT2D eigenvalue weighted by Gasteiger charge is 2.23. The molecule has 0 aliphatic heterocycles. The van der Waals surface area contributed by atoms with Crippen molar-refractivity contribution in [2.45, 2.75) is 58.9 Å². The van der Waals surface area contributed by atoms with Gasteiger partial charge < -0.3 is 5.32 Å². The van der Waals surface area contributed by atoms with E-state index in [1.165, 1.54) is 31.2 Å². The van der Waals surface area contributed by atoms with E-state index >= 15 is 0 Å². The van der Waals surface area contributed by atoms with Gasteiger partial charge in [-0.3, -0.25) is 0 Å². The smallest absolute Gasteiger partial charge is 0.0406 e. The van der Waals surface area contributed by atoms with Crippen LogP contribution in [0.4, 0.5) is 0 Å². The maximum atomic E-state index is 5.97. The zero-order chi connectivity index (χ0) is 14.6. The van der Waals surface area contributed by atoms with Crippen molar-refractivity contribution in [3.63, 3.8) is 0 Å². The topological polar surface area (TPSA) is 12.0 Å². The Morgan fingerprint density at radius 1 is 1.20 bits per heavy atom. The van der Waals surface area contributed by atoms with Crippen LogP contribution in [0.3, 0.4) is 0 Å². The highest BCUT2D eigenvalue weighted by Crippen LogP contribution is 2.26. The highest BCUT2D eigenvalue weighted by atomic mass is 35.5. The van der Waals surface area contributed by atoms with Crippen molar-refractivity contribution < 1.29 is 0 Å². The Bertz CT molecular complexity index is 400. The maximum Gasteiger partial charge on any atom is 0.0406 e. The van der Waals surface area contributed by atoms with E-state index < -0.39 is 0 Å². The van der Waals surface area contributed by atoms with Crippen LogP contribution in [0.15, 0.2) is 24.3 Å². The zero-order valence-corrected chi connectivity index (χ0v) is 13.8. The van der Waals surface area contributed by atoms with E-state index in [0.717, 1.165) is 29.9 Å². The van der Waals surface area contributed by atoms with Crippen molar-refractivity contribution in [1.82, 2.24) is 5.32 Å². The normalized spacial score (nSPS) is 17.2. The van der Waals surface area contributed by atoms with Gasteiger partial charge in [0.1, 0.15) is 0 Å². The van der Waals surface area contributed by atoms with Crippen molar-refractivity contribution in [1.29, 1.82) is 0 Å². The summed E-state index contributed by atoms with van der Waals surface area (Å²) in [6.07, 6.45) is 6.48. The Balaban J connectivity index is 1.87. The molecule has 1 nitrogen and oxygen atoms in total. The Morgan fingerprint density at radius 3 is 2.40 bits per heavy atom. The number of nitrogens with one attached hydrogen (secondary N) is 1. The number of rotatable bonds is 7. The molecule has 1 unspecified atom stereocenters. The van der Waals surface area contributed by atoms with Crippen molar-refractivity contribution in [3.8, 4) is 0 Å². The molecule has 20 heavy (non-hydrogen) atoms. The first kappa shape index (κ1) is 15.9. The fraction of sp³-hybridized carbons (Fsp3) is 0.667. The van der Waals surface area contributed by atoms with Gasteiger partial charge in [-0.15, -0.1) is 0 Å². The van der Waals surface area contributed by atoms with Gasteiger partial charge in [0.2, 0.25) is 0 Å². The Hall–Kier alpha value is -0.530. The summed E-state index contributed by atoms with van der Waals surface area (Å²) in [5, 5.41) is 4.53. The lowest BCUT2D eigenvalue weighted by Crippen LogP contribution is -2.27. The molecule has 0 heterocycles. The lowest BCUT2D eigenvalue weighted by Gasteiger charge is -2.23. The highest BCUT2D eigenvalue weighted by molar-refractivity contribution is 6.30. The molecular weight excluding hydrogens is 266 g/mol. The van der Waals surface area contributed by atoms with Crippen LogP contribution in [0.25, 0.3) is 0 Å². The zero-order valence-electron chi connectivity index (χ0n) is 13.1. The Morgan fingerprint density at radius 2 is 1.85 bits per heavy atom. The summed E-state index contributed by atoms with van der Waals surface area (Å²) in [5.41, 5.74) is 1.84. The van der Waals surface area contributed by atoms with E-state index in [4.69, 9.17) is 11.6 Å². The molecule has 1 atom stereocenters. The van der Waals surface area contributed by atoms with Crippen molar-refractivity contribution in [3.05, 3.63) is 34.9 Å². The summed E-state index contributed by atoms with van der Waals surface area (Å²) in [7, 11) is 0. The van der Waals surface area contributed by atoms with Crippen LogP contribution in [0.5, 0.6) is 0 Å². The summed E-state index contributed by atoms with van der Waals surface area (Å²) in [4.78, 5) is 0. The second-order valence-electron chi connectivity index (χ2n) is 7.48. The van der Waals surface area contributed by atoms with E-state index in [0.29, 0.717) is 5.41 Å². The minimum Gasteiger partial charge on any atom is -0.314 e. The van der Waals surface area contributed by atoms with Gasteiger partial charge in [0.15, 0.2) is 0 Å². The fourth-order valence-electron chi connectivity index (χ4n) is 2.49. The maximum absolute atomic E-state index is 5.97. The molecular formula is C18H28ClN. The van der Waals surface area contributed by atoms with Crippen LogP contribution in [0.2, 0.25) is 5.02 Å². The molecule has 1 N–H and O–H groups in total.